The maximum absolute atomic E-state index is 12.9. The van der Waals surface area contributed by atoms with Gasteiger partial charge < -0.3 is 20.4 Å². The zero-order chi connectivity index (χ0) is 26.5. The predicted octanol–water partition coefficient (Wildman–Crippen LogP) is 5.04. The summed E-state index contributed by atoms with van der Waals surface area (Å²) in [4.78, 5) is 31.2. The van der Waals surface area contributed by atoms with Gasteiger partial charge in [0.25, 0.3) is 5.91 Å². The van der Waals surface area contributed by atoms with E-state index in [1.807, 2.05) is 48.2 Å². The number of allylic oxidation sites excluding steroid dienone is 1. The zero-order valence-corrected chi connectivity index (χ0v) is 21.6. The van der Waals surface area contributed by atoms with Crippen LogP contribution in [0.1, 0.15) is 40.1 Å². The zero-order valence-electron chi connectivity index (χ0n) is 21.6. The molecule has 1 aliphatic rings. The van der Waals surface area contributed by atoms with Crippen molar-refractivity contribution in [3.05, 3.63) is 89.3 Å². The van der Waals surface area contributed by atoms with Crippen LogP contribution in [0.2, 0.25) is 0 Å². The van der Waals surface area contributed by atoms with Crippen LogP contribution < -0.4 is 11.1 Å². The van der Waals surface area contributed by atoms with Crippen LogP contribution in [0.3, 0.4) is 0 Å². The molecular formula is C31H32N4O3. The molecular weight excluding hydrogens is 476 g/mol. The van der Waals surface area contributed by atoms with E-state index in [1.54, 1.807) is 24.4 Å². The van der Waals surface area contributed by atoms with E-state index in [2.05, 4.69) is 22.4 Å². The number of nitrogens with zero attached hydrogens (tertiary/aromatic N) is 2. The minimum absolute atomic E-state index is 0.0192. The van der Waals surface area contributed by atoms with Crippen LogP contribution in [0.5, 0.6) is 0 Å². The summed E-state index contributed by atoms with van der Waals surface area (Å²) in [5, 5.41) is 4.34. The summed E-state index contributed by atoms with van der Waals surface area (Å²) in [6.07, 6.45) is 6.80. The average Bonchev–Trinajstić information content (AvgIpc) is 3.16. The van der Waals surface area contributed by atoms with Crippen molar-refractivity contribution in [2.75, 3.05) is 31.9 Å². The number of ketones is 1. The molecule has 1 saturated heterocycles. The molecule has 1 amide bonds. The molecule has 0 radical (unpaired) electrons. The molecule has 5 rings (SSSR count). The molecule has 0 saturated carbocycles. The van der Waals surface area contributed by atoms with Crippen LogP contribution in [-0.4, -0.2) is 47.8 Å². The molecule has 0 unspecified atom stereocenters. The Morgan fingerprint density at radius 1 is 1.05 bits per heavy atom. The molecule has 2 aromatic carbocycles. The van der Waals surface area contributed by atoms with E-state index in [9.17, 15) is 9.59 Å². The smallest absolute Gasteiger partial charge is 0.253 e. The van der Waals surface area contributed by atoms with Crippen LogP contribution in [0.4, 0.5) is 5.82 Å². The standard InChI is InChI=1S/C31H32N4O3/c1-21-17-25(23-5-7-24(8-6-23)31(37)35-15-2-13-33-14-16-35)18-26-19-28(38-30(21)26)11-10-27(36)9-3-22-4-12-29(32)34-20-22/h3-9,12,17-20,33H,2,10-11,13-16H2,1H3,(H2,32,34)/b9-3+. The second-order valence-electron chi connectivity index (χ2n) is 9.71. The van der Waals surface area contributed by atoms with Gasteiger partial charge in [0, 0.05) is 49.6 Å². The highest BCUT2D eigenvalue weighted by atomic mass is 16.3. The summed E-state index contributed by atoms with van der Waals surface area (Å²) in [5.74, 6) is 1.33. The average molecular weight is 509 g/mol. The number of rotatable bonds is 7. The number of benzene rings is 2. The highest BCUT2D eigenvalue weighted by molar-refractivity contribution is 5.95. The highest BCUT2D eigenvalue weighted by Gasteiger charge is 2.17. The summed E-state index contributed by atoms with van der Waals surface area (Å²) in [6.45, 7) is 5.34. The third kappa shape index (κ3) is 6.01. The molecule has 1 fully saturated rings. The monoisotopic (exact) mass is 508 g/mol. The van der Waals surface area contributed by atoms with Gasteiger partial charge in [-0.3, -0.25) is 9.59 Å². The number of nitrogens with one attached hydrogen (secondary N) is 1. The molecule has 3 N–H and O–H groups in total. The SMILES string of the molecule is Cc1cc(-c2ccc(C(=O)N3CCCNCC3)cc2)cc2cc(CCC(=O)/C=C/c3ccc(N)nc3)oc12. The lowest BCUT2D eigenvalue weighted by Gasteiger charge is -2.20. The molecule has 194 valence electrons. The number of aromatic nitrogens is 1. The molecule has 0 aliphatic carbocycles. The number of nitrogens with two attached hydrogens (primary N) is 1. The van der Waals surface area contributed by atoms with E-state index in [-0.39, 0.29) is 11.7 Å². The molecule has 7 nitrogen and oxygen atoms in total. The first kappa shape index (κ1) is 25.4. The van der Waals surface area contributed by atoms with Crippen molar-refractivity contribution in [1.82, 2.24) is 15.2 Å². The van der Waals surface area contributed by atoms with Crippen LogP contribution in [0, 0.1) is 6.92 Å². The lowest BCUT2D eigenvalue weighted by atomic mass is 9.99. The number of hydrogen-bond donors (Lipinski definition) is 2. The van der Waals surface area contributed by atoms with Crippen LogP contribution in [0.15, 0.2) is 71.3 Å². The second kappa shape index (κ2) is 11.4. The molecule has 4 aromatic rings. The molecule has 2 aromatic heterocycles. The van der Waals surface area contributed by atoms with Gasteiger partial charge in [-0.25, -0.2) is 4.98 Å². The van der Waals surface area contributed by atoms with E-state index < -0.39 is 0 Å². The fourth-order valence-electron chi connectivity index (χ4n) is 4.74. The van der Waals surface area contributed by atoms with Crippen molar-refractivity contribution in [3.8, 4) is 11.1 Å². The number of carbonyl (C=O) groups excluding carboxylic acids is 2. The van der Waals surface area contributed by atoms with Crippen molar-refractivity contribution in [3.63, 3.8) is 0 Å². The highest BCUT2D eigenvalue weighted by Crippen LogP contribution is 2.30. The maximum atomic E-state index is 12.9. The summed E-state index contributed by atoms with van der Waals surface area (Å²) in [5.41, 5.74) is 11.1. The number of pyridine rings is 1. The first-order valence-electron chi connectivity index (χ1n) is 13.0. The van der Waals surface area contributed by atoms with E-state index in [0.29, 0.717) is 24.2 Å². The van der Waals surface area contributed by atoms with Crippen molar-refractivity contribution < 1.29 is 14.0 Å². The largest absolute Gasteiger partial charge is 0.461 e. The fourth-order valence-corrected chi connectivity index (χ4v) is 4.74. The predicted molar refractivity (Wildman–Crippen MR) is 151 cm³/mol. The third-order valence-corrected chi connectivity index (χ3v) is 6.83. The lowest BCUT2D eigenvalue weighted by molar-refractivity contribution is -0.114. The van der Waals surface area contributed by atoms with Gasteiger partial charge in [-0.2, -0.15) is 0 Å². The lowest BCUT2D eigenvalue weighted by Crippen LogP contribution is -2.34. The van der Waals surface area contributed by atoms with Gasteiger partial charge >= 0.3 is 0 Å². The summed E-state index contributed by atoms with van der Waals surface area (Å²) in [6, 6.07) is 17.6. The first-order valence-corrected chi connectivity index (χ1v) is 13.0. The van der Waals surface area contributed by atoms with Gasteiger partial charge in [-0.1, -0.05) is 12.1 Å². The van der Waals surface area contributed by atoms with E-state index in [1.165, 1.54) is 0 Å². The quantitative estimate of drug-likeness (QED) is 0.339. The molecule has 3 heterocycles. The summed E-state index contributed by atoms with van der Waals surface area (Å²) in [7, 11) is 0. The summed E-state index contributed by atoms with van der Waals surface area (Å²) < 4.78 is 6.09. The van der Waals surface area contributed by atoms with Crippen LogP contribution in [0.25, 0.3) is 28.2 Å². The van der Waals surface area contributed by atoms with Crippen LogP contribution >= 0.6 is 0 Å². The maximum Gasteiger partial charge on any atom is 0.253 e. The Bertz CT molecular complexity index is 1460. The Morgan fingerprint density at radius 3 is 2.68 bits per heavy atom. The van der Waals surface area contributed by atoms with Crippen molar-refractivity contribution in [2.24, 2.45) is 0 Å². The van der Waals surface area contributed by atoms with Gasteiger partial charge in [0.05, 0.1) is 0 Å². The number of amides is 1. The Balaban J connectivity index is 1.26. The number of fused-ring (bicyclic) bond motifs is 1. The Hall–Kier alpha value is -4.23. The minimum Gasteiger partial charge on any atom is -0.461 e. The van der Waals surface area contributed by atoms with Gasteiger partial charge in [-0.05, 0) is 96.8 Å². The summed E-state index contributed by atoms with van der Waals surface area (Å²) >= 11 is 0. The molecule has 38 heavy (non-hydrogen) atoms. The third-order valence-electron chi connectivity index (χ3n) is 6.83. The van der Waals surface area contributed by atoms with Gasteiger partial charge in [0.2, 0.25) is 0 Å². The fraction of sp³-hybridized carbons (Fsp3) is 0.258. The number of carbonyl (C=O) groups is 2. The van der Waals surface area contributed by atoms with Crippen molar-refractivity contribution in [2.45, 2.75) is 26.2 Å². The number of furan rings is 1. The Labute approximate surface area is 222 Å². The minimum atomic E-state index is 0.0192. The molecule has 0 spiro atoms. The number of hydrogen-bond acceptors (Lipinski definition) is 6. The first-order chi connectivity index (χ1) is 18.5. The van der Waals surface area contributed by atoms with E-state index in [4.69, 9.17) is 10.2 Å². The van der Waals surface area contributed by atoms with Crippen molar-refractivity contribution in [1.29, 1.82) is 0 Å². The normalized spacial score (nSPS) is 14.2. The van der Waals surface area contributed by atoms with E-state index in [0.717, 1.165) is 71.6 Å². The Kier molecular flexibility index (Phi) is 7.65. The van der Waals surface area contributed by atoms with Gasteiger partial charge in [0.15, 0.2) is 5.78 Å². The van der Waals surface area contributed by atoms with Crippen molar-refractivity contribution >= 4 is 34.6 Å². The molecule has 1 aliphatic heterocycles. The second-order valence-corrected chi connectivity index (χ2v) is 9.71. The number of nitrogen functional groups attached to an aromatic ring is 1. The molecule has 0 atom stereocenters. The number of anilines is 1. The van der Waals surface area contributed by atoms with Gasteiger partial charge in [0.1, 0.15) is 17.2 Å². The van der Waals surface area contributed by atoms with E-state index >= 15 is 0 Å². The topological polar surface area (TPSA) is 101 Å². The van der Waals surface area contributed by atoms with Crippen LogP contribution in [-0.2, 0) is 11.2 Å². The molecule has 7 heteroatoms. The Morgan fingerprint density at radius 2 is 1.89 bits per heavy atom. The van der Waals surface area contributed by atoms with Gasteiger partial charge in [-0.15, -0.1) is 0 Å². The molecule has 0 bridgehead atoms. The number of aryl methyl sites for hydroxylation is 2.